The number of halogens is 1. The molecule has 1 amide bonds. The standard InChI is InChI=1S/C21H18ClNO4S/c22-18-9-3-1-6-15(18)13-26-19-10-4-2-8-17(19)21(25)27-14-20(24)23-12-16-7-5-11-28-16/h1-11H,12-14H2,(H,23,24). The van der Waals surface area contributed by atoms with Gasteiger partial charge in [-0.25, -0.2) is 4.79 Å². The largest absolute Gasteiger partial charge is 0.488 e. The van der Waals surface area contributed by atoms with Crippen LogP contribution in [0.2, 0.25) is 5.02 Å². The number of ether oxygens (including phenoxy) is 2. The molecule has 0 aliphatic heterocycles. The van der Waals surface area contributed by atoms with Gasteiger partial charge in [0.25, 0.3) is 5.91 Å². The van der Waals surface area contributed by atoms with Gasteiger partial charge in [-0.1, -0.05) is 48.0 Å². The van der Waals surface area contributed by atoms with Crippen LogP contribution in [0, 0.1) is 0 Å². The van der Waals surface area contributed by atoms with E-state index in [0.717, 1.165) is 10.4 Å². The molecule has 3 aromatic rings. The van der Waals surface area contributed by atoms with Crippen LogP contribution in [0.4, 0.5) is 0 Å². The number of carbonyl (C=O) groups is 2. The maximum Gasteiger partial charge on any atom is 0.342 e. The van der Waals surface area contributed by atoms with Crippen molar-refractivity contribution >= 4 is 34.8 Å². The van der Waals surface area contributed by atoms with Crippen LogP contribution in [0.25, 0.3) is 0 Å². The molecule has 0 radical (unpaired) electrons. The maximum atomic E-state index is 12.4. The predicted molar refractivity (Wildman–Crippen MR) is 109 cm³/mol. The van der Waals surface area contributed by atoms with E-state index in [1.807, 2.05) is 35.7 Å². The lowest BCUT2D eigenvalue weighted by Gasteiger charge is -2.12. The molecule has 5 nitrogen and oxygen atoms in total. The van der Waals surface area contributed by atoms with Crippen LogP contribution < -0.4 is 10.1 Å². The molecular formula is C21H18ClNO4S. The van der Waals surface area contributed by atoms with Crippen molar-refractivity contribution in [2.45, 2.75) is 13.2 Å². The van der Waals surface area contributed by atoms with Gasteiger partial charge in [0.15, 0.2) is 6.61 Å². The van der Waals surface area contributed by atoms with Gasteiger partial charge >= 0.3 is 5.97 Å². The summed E-state index contributed by atoms with van der Waals surface area (Å²) in [4.78, 5) is 25.3. The number of carbonyl (C=O) groups excluding carboxylic acids is 2. The molecule has 3 rings (SSSR count). The molecule has 0 unspecified atom stereocenters. The normalized spacial score (nSPS) is 10.3. The van der Waals surface area contributed by atoms with Crippen LogP contribution in [0.1, 0.15) is 20.8 Å². The molecule has 2 aromatic carbocycles. The highest BCUT2D eigenvalue weighted by Crippen LogP contribution is 2.22. The second kappa shape index (κ2) is 9.92. The second-order valence-electron chi connectivity index (χ2n) is 5.81. The average Bonchev–Trinajstić information content (AvgIpc) is 3.24. The Hall–Kier alpha value is -2.83. The lowest BCUT2D eigenvalue weighted by Crippen LogP contribution is -2.28. The number of thiophene rings is 1. The van der Waals surface area contributed by atoms with Crippen molar-refractivity contribution in [1.29, 1.82) is 0 Å². The summed E-state index contributed by atoms with van der Waals surface area (Å²) in [7, 11) is 0. The topological polar surface area (TPSA) is 64.6 Å². The smallest absolute Gasteiger partial charge is 0.342 e. The van der Waals surface area contributed by atoms with E-state index in [4.69, 9.17) is 21.1 Å². The predicted octanol–water partition coefficient (Wildman–Crippen LogP) is 4.45. The molecule has 1 N–H and O–H groups in total. The third-order valence-electron chi connectivity index (χ3n) is 3.82. The van der Waals surface area contributed by atoms with E-state index in [-0.39, 0.29) is 24.7 Å². The lowest BCUT2D eigenvalue weighted by molar-refractivity contribution is -0.124. The molecule has 0 fully saturated rings. The van der Waals surface area contributed by atoms with Crippen molar-refractivity contribution in [3.8, 4) is 5.75 Å². The van der Waals surface area contributed by atoms with Gasteiger partial charge in [0.2, 0.25) is 0 Å². The van der Waals surface area contributed by atoms with Gasteiger partial charge in [-0.2, -0.15) is 0 Å². The van der Waals surface area contributed by atoms with Crippen LogP contribution >= 0.6 is 22.9 Å². The molecule has 7 heteroatoms. The molecule has 0 saturated heterocycles. The Morgan fingerprint density at radius 3 is 2.57 bits per heavy atom. The van der Waals surface area contributed by atoms with E-state index in [0.29, 0.717) is 17.3 Å². The van der Waals surface area contributed by atoms with E-state index in [2.05, 4.69) is 5.32 Å². The number of rotatable bonds is 8. The summed E-state index contributed by atoms with van der Waals surface area (Å²) in [6.07, 6.45) is 0. The number of benzene rings is 2. The van der Waals surface area contributed by atoms with Gasteiger partial charge < -0.3 is 14.8 Å². The highest BCUT2D eigenvalue weighted by atomic mass is 35.5. The van der Waals surface area contributed by atoms with E-state index >= 15 is 0 Å². The van der Waals surface area contributed by atoms with E-state index in [1.54, 1.807) is 41.7 Å². The summed E-state index contributed by atoms with van der Waals surface area (Å²) in [6, 6.07) is 17.9. The Morgan fingerprint density at radius 2 is 1.79 bits per heavy atom. The Kier molecular flexibility index (Phi) is 7.06. The third kappa shape index (κ3) is 5.58. The fourth-order valence-corrected chi connectivity index (χ4v) is 3.23. The number of para-hydroxylation sites is 1. The zero-order chi connectivity index (χ0) is 19.8. The summed E-state index contributed by atoms with van der Waals surface area (Å²) in [5.74, 6) is -0.622. The van der Waals surface area contributed by atoms with Gasteiger partial charge in [0.05, 0.1) is 6.54 Å². The summed E-state index contributed by atoms with van der Waals surface area (Å²) in [5, 5.41) is 5.23. The quantitative estimate of drug-likeness (QED) is 0.552. The molecule has 0 atom stereocenters. The fraction of sp³-hybridized carbons (Fsp3) is 0.143. The van der Waals surface area contributed by atoms with Crippen LogP contribution in [-0.4, -0.2) is 18.5 Å². The molecule has 28 heavy (non-hydrogen) atoms. The second-order valence-corrected chi connectivity index (χ2v) is 7.25. The minimum Gasteiger partial charge on any atom is -0.488 e. The Balaban J connectivity index is 1.54. The number of hydrogen-bond donors (Lipinski definition) is 1. The minimum absolute atomic E-state index is 0.214. The number of amides is 1. The molecule has 1 heterocycles. The minimum atomic E-state index is -0.624. The lowest BCUT2D eigenvalue weighted by atomic mass is 10.2. The van der Waals surface area contributed by atoms with Crippen molar-refractivity contribution in [3.63, 3.8) is 0 Å². The monoisotopic (exact) mass is 415 g/mol. The zero-order valence-corrected chi connectivity index (χ0v) is 16.5. The first kappa shape index (κ1) is 19.9. The molecule has 0 spiro atoms. The first-order valence-corrected chi connectivity index (χ1v) is 9.80. The van der Waals surface area contributed by atoms with E-state index in [9.17, 15) is 9.59 Å². The van der Waals surface area contributed by atoms with E-state index < -0.39 is 5.97 Å². The third-order valence-corrected chi connectivity index (χ3v) is 5.07. The highest BCUT2D eigenvalue weighted by molar-refractivity contribution is 7.09. The van der Waals surface area contributed by atoms with Gasteiger partial charge in [-0.05, 0) is 29.6 Å². The van der Waals surface area contributed by atoms with Gasteiger partial charge in [-0.15, -0.1) is 11.3 Å². The highest BCUT2D eigenvalue weighted by Gasteiger charge is 2.15. The van der Waals surface area contributed by atoms with Crippen molar-refractivity contribution in [2.24, 2.45) is 0 Å². The number of nitrogens with one attached hydrogen (secondary N) is 1. The molecule has 0 bridgehead atoms. The Labute approximate surface area is 171 Å². The van der Waals surface area contributed by atoms with Crippen molar-refractivity contribution in [2.75, 3.05) is 6.61 Å². The molecule has 0 aliphatic rings. The molecule has 1 aromatic heterocycles. The molecule has 144 valence electrons. The number of esters is 1. The SMILES string of the molecule is O=C(COC(=O)c1ccccc1OCc1ccccc1Cl)NCc1cccs1. The summed E-state index contributed by atoms with van der Waals surface area (Å²) in [6.45, 7) is 0.264. The zero-order valence-electron chi connectivity index (χ0n) is 14.9. The summed E-state index contributed by atoms with van der Waals surface area (Å²) < 4.78 is 10.9. The average molecular weight is 416 g/mol. The van der Waals surface area contributed by atoms with E-state index in [1.165, 1.54) is 0 Å². The Bertz CT molecular complexity index is 943. The van der Waals surface area contributed by atoms with Crippen molar-refractivity contribution in [3.05, 3.63) is 87.1 Å². The van der Waals surface area contributed by atoms with Gasteiger partial charge in [0.1, 0.15) is 17.9 Å². The van der Waals surface area contributed by atoms with Crippen molar-refractivity contribution < 1.29 is 19.1 Å². The first-order chi connectivity index (χ1) is 13.6. The van der Waals surface area contributed by atoms with Crippen LogP contribution in [-0.2, 0) is 22.7 Å². The van der Waals surface area contributed by atoms with Gasteiger partial charge in [0, 0.05) is 15.5 Å². The fourth-order valence-electron chi connectivity index (χ4n) is 2.39. The van der Waals surface area contributed by atoms with Crippen LogP contribution in [0.3, 0.4) is 0 Å². The van der Waals surface area contributed by atoms with Gasteiger partial charge in [-0.3, -0.25) is 4.79 Å². The molecular weight excluding hydrogens is 398 g/mol. The first-order valence-electron chi connectivity index (χ1n) is 8.55. The van der Waals surface area contributed by atoms with Crippen molar-refractivity contribution in [1.82, 2.24) is 5.32 Å². The summed E-state index contributed by atoms with van der Waals surface area (Å²) >= 11 is 7.67. The summed E-state index contributed by atoms with van der Waals surface area (Å²) in [5.41, 5.74) is 1.06. The maximum absolute atomic E-state index is 12.4. The number of hydrogen-bond acceptors (Lipinski definition) is 5. The molecule has 0 aliphatic carbocycles. The van der Waals surface area contributed by atoms with Crippen LogP contribution in [0.15, 0.2) is 66.0 Å². The van der Waals surface area contributed by atoms with Crippen LogP contribution in [0.5, 0.6) is 5.75 Å². The molecule has 0 saturated carbocycles. The Morgan fingerprint density at radius 1 is 1.00 bits per heavy atom.